The highest BCUT2D eigenvalue weighted by Gasteiger charge is 2.28. The average molecular weight is 339 g/mol. The van der Waals surface area contributed by atoms with E-state index in [-0.39, 0.29) is 0 Å². The Bertz CT molecular complexity index is 452. The molecule has 1 saturated carbocycles. The molecule has 2 fully saturated rings. The molecule has 0 atom stereocenters. The Balaban J connectivity index is 1.60. The van der Waals surface area contributed by atoms with Gasteiger partial charge in [0.2, 0.25) is 0 Å². The van der Waals surface area contributed by atoms with Gasteiger partial charge in [0.1, 0.15) is 0 Å². The lowest BCUT2D eigenvalue weighted by molar-refractivity contribution is 0.00719. The first kappa shape index (κ1) is 14.5. The van der Waals surface area contributed by atoms with E-state index in [9.17, 15) is 0 Å². The lowest BCUT2D eigenvalue weighted by atomic mass is 9.82. The van der Waals surface area contributed by atoms with E-state index in [1.165, 1.54) is 36.9 Å². The van der Waals surface area contributed by atoms with Gasteiger partial charge in [-0.2, -0.15) is 0 Å². The Morgan fingerprint density at radius 3 is 2.55 bits per heavy atom. The van der Waals surface area contributed by atoms with E-state index in [4.69, 9.17) is 4.74 Å². The summed E-state index contributed by atoms with van der Waals surface area (Å²) in [5.41, 5.74) is 2.64. The minimum Gasteiger partial charge on any atom is -0.379 e. The van der Waals surface area contributed by atoms with Crippen LogP contribution in [0.25, 0.3) is 0 Å². The highest BCUT2D eigenvalue weighted by Crippen LogP contribution is 2.35. The number of rotatable bonds is 2. The van der Waals surface area contributed by atoms with Gasteiger partial charge in [-0.05, 0) is 60.2 Å². The predicted molar refractivity (Wildman–Crippen MR) is 84.1 cm³/mol. The Hall–Kier alpha value is -0.450. The van der Waals surface area contributed by atoms with Crippen molar-refractivity contribution in [2.24, 2.45) is 0 Å². The standard InChI is InChI=1S/C16H23BrN2O/c1-12-10-14(17)11-18-16(12)13-2-4-15(5-3-13)19-6-8-20-9-7-19/h10-11,13,15H,2-9H2,1H3/t13-,15-. The van der Waals surface area contributed by atoms with Crippen LogP contribution in [0, 0.1) is 6.92 Å². The van der Waals surface area contributed by atoms with Crippen LogP contribution in [0.15, 0.2) is 16.7 Å². The SMILES string of the molecule is Cc1cc(Br)cnc1[C@H]1CC[C@H](N2CCOCC2)CC1. The number of aromatic nitrogens is 1. The summed E-state index contributed by atoms with van der Waals surface area (Å²) >= 11 is 3.50. The zero-order valence-electron chi connectivity index (χ0n) is 12.1. The molecular weight excluding hydrogens is 316 g/mol. The van der Waals surface area contributed by atoms with Crippen LogP contribution in [0.3, 0.4) is 0 Å². The first-order valence-electron chi connectivity index (χ1n) is 7.68. The molecule has 0 N–H and O–H groups in total. The number of ether oxygens (including phenoxy) is 1. The van der Waals surface area contributed by atoms with Crippen molar-refractivity contribution in [3.8, 4) is 0 Å². The first-order chi connectivity index (χ1) is 9.74. The van der Waals surface area contributed by atoms with Crippen LogP contribution >= 0.6 is 15.9 Å². The van der Waals surface area contributed by atoms with Crippen LogP contribution in [0.5, 0.6) is 0 Å². The lowest BCUT2D eigenvalue weighted by Crippen LogP contribution is -2.44. The molecular formula is C16H23BrN2O. The van der Waals surface area contributed by atoms with E-state index in [0.29, 0.717) is 5.92 Å². The number of halogens is 1. The zero-order valence-corrected chi connectivity index (χ0v) is 13.7. The molecule has 0 aromatic carbocycles. The number of hydrogen-bond donors (Lipinski definition) is 0. The summed E-state index contributed by atoms with van der Waals surface area (Å²) in [6.07, 6.45) is 7.11. The fourth-order valence-electron chi connectivity index (χ4n) is 3.64. The third-order valence-corrected chi connectivity index (χ3v) is 5.16. The quantitative estimate of drug-likeness (QED) is 0.825. The van der Waals surface area contributed by atoms with Gasteiger partial charge in [-0.1, -0.05) is 0 Å². The highest BCUT2D eigenvalue weighted by molar-refractivity contribution is 9.10. The molecule has 0 spiro atoms. The van der Waals surface area contributed by atoms with E-state index >= 15 is 0 Å². The molecule has 2 heterocycles. The van der Waals surface area contributed by atoms with Gasteiger partial charge in [0.25, 0.3) is 0 Å². The Kier molecular flexibility index (Phi) is 4.74. The molecule has 0 bridgehead atoms. The minimum atomic E-state index is 0.653. The maximum Gasteiger partial charge on any atom is 0.0594 e. The van der Waals surface area contributed by atoms with Crippen molar-refractivity contribution in [1.82, 2.24) is 9.88 Å². The Labute approximate surface area is 129 Å². The van der Waals surface area contributed by atoms with Gasteiger partial charge >= 0.3 is 0 Å². The van der Waals surface area contributed by atoms with Gasteiger partial charge in [0.05, 0.1) is 13.2 Å². The smallest absolute Gasteiger partial charge is 0.0594 e. The molecule has 1 aliphatic heterocycles. The van der Waals surface area contributed by atoms with Crippen molar-refractivity contribution in [3.63, 3.8) is 0 Å². The largest absolute Gasteiger partial charge is 0.379 e. The van der Waals surface area contributed by atoms with Gasteiger partial charge in [-0.25, -0.2) is 0 Å². The lowest BCUT2D eigenvalue weighted by Gasteiger charge is -2.38. The topological polar surface area (TPSA) is 25.4 Å². The molecule has 0 unspecified atom stereocenters. The van der Waals surface area contributed by atoms with Gasteiger partial charge < -0.3 is 4.74 Å². The van der Waals surface area contributed by atoms with Gasteiger partial charge in [-0.15, -0.1) is 0 Å². The summed E-state index contributed by atoms with van der Waals surface area (Å²) < 4.78 is 6.54. The number of aryl methyl sites for hydroxylation is 1. The molecule has 3 rings (SSSR count). The van der Waals surface area contributed by atoms with Crippen LogP contribution in [0.1, 0.15) is 42.9 Å². The number of nitrogens with zero attached hydrogens (tertiary/aromatic N) is 2. The molecule has 0 amide bonds. The summed E-state index contributed by atoms with van der Waals surface area (Å²) in [4.78, 5) is 7.29. The summed E-state index contributed by atoms with van der Waals surface area (Å²) in [6.45, 7) is 6.23. The molecule has 0 radical (unpaired) electrons. The third-order valence-electron chi connectivity index (χ3n) is 4.73. The van der Waals surface area contributed by atoms with Crippen LogP contribution < -0.4 is 0 Å². The second kappa shape index (κ2) is 6.54. The van der Waals surface area contributed by atoms with E-state index in [2.05, 4.69) is 38.8 Å². The molecule has 2 aliphatic rings. The first-order valence-corrected chi connectivity index (χ1v) is 8.47. The van der Waals surface area contributed by atoms with E-state index in [1.54, 1.807) is 0 Å². The molecule has 4 heteroatoms. The summed E-state index contributed by atoms with van der Waals surface area (Å²) in [6, 6.07) is 2.96. The summed E-state index contributed by atoms with van der Waals surface area (Å²) in [5, 5.41) is 0. The predicted octanol–water partition coefficient (Wildman–Crippen LogP) is 3.51. The van der Waals surface area contributed by atoms with Crippen molar-refractivity contribution < 1.29 is 4.74 Å². The Morgan fingerprint density at radius 2 is 1.90 bits per heavy atom. The Morgan fingerprint density at radius 1 is 1.20 bits per heavy atom. The number of morpholine rings is 1. The van der Waals surface area contributed by atoms with Crippen molar-refractivity contribution >= 4 is 15.9 Å². The molecule has 1 saturated heterocycles. The maximum atomic E-state index is 5.45. The third kappa shape index (κ3) is 3.23. The van der Waals surface area contributed by atoms with Crippen LogP contribution in [-0.4, -0.2) is 42.2 Å². The van der Waals surface area contributed by atoms with Crippen molar-refractivity contribution in [3.05, 3.63) is 28.0 Å². The average Bonchev–Trinajstić information content (AvgIpc) is 2.48. The van der Waals surface area contributed by atoms with Gasteiger partial charge in [-0.3, -0.25) is 9.88 Å². The fourth-order valence-corrected chi connectivity index (χ4v) is 4.08. The second-order valence-electron chi connectivity index (χ2n) is 6.01. The van der Waals surface area contributed by atoms with E-state index in [1.807, 2.05) is 6.20 Å². The van der Waals surface area contributed by atoms with Crippen molar-refractivity contribution in [1.29, 1.82) is 0 Å². The summed E-state index contributed by atoms with van der Waals surface area (Å²) in [5.74, 6) is 0.653. The van der Waals surface area contributed by atoms with Crippen molar-refractivity contribution in [2.75, 3.05) is 26.3 Å². The molecule has 110 valence electrons. The number of hydrogen-bond acceptors (Lipinski definition) is 3. The fraction of sp³-hybridized carbons (Fsp3) is 0.688. The monoisotopic (exact) mass is 338 g/mol. The highest BCUT2D eigenvalue weighted by atomic mass is 79.9. The molecule has 1 aliphatic carbocycles. The molecule has 3 nitrogen and oxygen atoms in total. The minimum absolute atomic E-state index is 0.653. The van der Waals surface area contributed by atoms with E-state index in [0.717, 1.165) is 36.8 Å². The molecule has 20 heavy (non-hydrogen) atoms. The normalized spacial score (nSPS) is 28.5. The van der Waals surface area contributed by atoms with Gasteiger partial charge in [0.15, 0.2) is 0 Å². The van der Waals surface area contributed by atoms with Crippen LogP contribution in [0.4, 0.5) is 0 Å². The van der Waals surface area contributed by atoms with Gasteiger partial charge in [0, 0.05) is 41.4 Å². The van der Waals surface area contributed by atoms with Crippen LogP contribution in [-0.2, 0) is 4.74 Å². The van der Waals surface area contributed by atoms with E-state index < -0.39 is 0 Å². The molecule has 1 aromatic heterocycles. The van der Waals surface area contributed by atoms with Crippen LogP contribution in [0.2, 0.25) is 0 Å². The second-order valence-corrected chi connectivity index (χ2v) is 6.93. The van der Waals surface area contributed by atoms with Crippen molar-refractivity contribution in [2.45, 2.75) is 44.6 Å². The molecule has 1 aromatic rings. The number of pyridine rings is 1. The maximum absolute atomic E-state index is 5.45. The zero-order chi connectivity index (χ0) is 13.9. The summed E-state index contributed by atoms with van der Waals surface area (Å²) in [7, 11) is 0.